The van der Waals surface area contributed by atoms with Crippen LogP contribution in [0.5, 0.6) is 0 Å². The zero-order chi connectivity index (χ0) is 14.3. The number of aromatic nitrogens is 2. The summed E-state index contributed by atoms with van der Waals surface area (Å²) in [4.78, 5) is 4.95. The van der Waals surface area contributed by atoms with Crippen molar-refractivity contribution in [2.75, 3.05) is 19.0 Å². The number of rotatable bonds is 2. The van der Waals surface area contributed by atoms with Crippen LogP contribution in [-0.2, 0) is 0 Å². The van der Waals surface area contributed by atoms with E-state index in [0.717, 1.165) is 16.9 Å². The standard InChI is InChI=1S/C15H14FN3S/c1-18(2)11-7-3-4-8-12(11)19-13-9-5-6-10(16)14(13)17-15(19)20/h3-9H,1-2H3,(H,17,20). The minimum atomic E-state index is -0.297. The van der Waals surface area contributed by atoms with Gasteiger partial charge in [0.2, 0.25) is 0 Å². The molecule has 3 aromatic rings. The highest BCUT2D eigenvalue weighted by atomic mass is 32.1. The van der Waals surface area contributed by atoms with Crippen molar-refractivity contribution >= 4 is 28.9 Å². The Bertz CT molecular complexity index is 832. The molecule has 0 saturated heterocycles. The van der Waals surface area contributed by atoms with Crippen LogP contribution in [0, 0.1) is 10.6 Å². The summed E-state index contributed by atoms with van der Waals surface area (Å²) in [6.07, 6.45) is 0. The molecule has 0 atom stereocenters. The van der Waals surface area contributed by atoms with E-state index in [1.165, 1.54) is 6.07 Å². The second-order valence-electron chi connectivity index (χ2n) is 4.78. The fourth-order valence-corrected chi connectivity index (χ4v) is 2.66. The molecule has 0 fully saturated rings. The summed E-state index contributed by atoms with van der Waals surface area (Å²) in [6, 6.07) is 12.9. The number of anilines is 1. The molecule has 1 N–H and O–H groups in total. The molecule has 2 aromatic carbocycles. The normalized spacial score (nSPS) is 10.9. The first kappa shape index (κ1) is 12.9. The molecule has 1 aromatic heterocycles. The van der Waals surface area contributed by atoms with E-state index >= 15 is 0 Å². The largest absolute Gasteiger partial charge is 0.376 e. The highest BCUT2D eigenvalue weighted by Crippen LogP contribution is 2.27. The molecule has 102 valence electrons. The molecular formula is C15H14FN3S. The van der Waals surface area contributed by atoms with Gasteiger partial charge in [0.05, 0.1) is 16.9 Å². The maximum absolute atomic E-state index is 13.9. The van der Waals surface area contributed by atoms with Crippen LogP contribution in [0.2, 0.25) is 0 Å². The van der Waals surface area contributed by atoms with Gasteiger partial charge in [0.1, 0.15) is 11.3 Å². The van der Waals surface area contributed by atoms with Gasteiger partial charge < -0.3 is 9.88 Å². The molecule has 0 amide bonds. The Kier molecular flexibility index (Phi) is 3.06. The Labute approximate surface area is 121 Å². The molecule has 1 heterocycles. The third-order valence-corrected chi connectivity index (χ3v) is 3.56. The van der Waals surface area contributed by atoms with Crippen LogP contribution in [0.25, 0.3) is 16.7 Å². The maximum atomic E-state index is 13.9. The molecule has 20 heavy (non-hydrogen) atoms. The van der Waals surface area contributed by atoms with Crippen LogP contribution in [-0.4, -0.2) is 23.6 Å². The molecule has 0 saturated carbocycles. The monoisotopic (exact) mass is 287 g/mol. The molecule has 0 aliphatic heterocycles. The minimum Gasteiger partial charge on any atom is -0.376 e. The molecule has 0 bridgehead atoms. The van der Waals surface area contributed by atoms with Gasteiger partial charge >= 0.3 is 0 Å². The van der Waals surface area contributed by atoms with Crippen molar-refractivity contribution in [3.63, 3.8) is 0 Å². The number of para-hydroxylation sites is 3. The number of H-pyrrole nitrogens is 1. The van der Waals surface area contributed by atoms with Crippen molar-refractivity contribution < 1.29 is 4.39 Å². The van der Waals surface area contributed by atoms with Gasteiger partial charge in [-0.25, -0.2) is 4.39 Å². The molecule has 3 nitrogen and oxygen atoms in total. The molecule has 5 heteroatoms. The average molecular weight is 287 g/mol. The van der Waals surface area contributed by atoms with E-state index in [2.05, 4.69) is 4.98 Å². The Morgan fingerprint density at radius 1 is 1.10 bits per heavy atom. The highest BCUT2D eigenvalue weighted by Gasteiger charge is 2.13. The lowest BCUT2D eigenvalue weighted by Crippen LogP contribution is -2.12. The summed E-state index contributed by atoms with van der Waals surface area (Å²) in [5.41, 5.74) is 3.13. The summed E-state index contributed by atoms with van der Waals surface area (Å²) in [6.45, 7) is 0. The number of fused-ring (bicyclic) bond motifs is 1. The van der Waals surface area contributed by atoms with Crippen molar-refractivity contribution in [3.05, 3.63) is 53.1 Å². The molecule has 3 rings (SSSR count). The summed E-state index contributed by atoms with van der Waals surface area (Å²) >= 11 is 5.36. The van der Waals surface area contributed by atoms with Gasteiger partial charge in [-0.1, -0.05) is 18.2 Å². The van der Waals surface area contributed by atoms with Crippen molar-refractivity contribution in [3.8, 4) is 5.69 Å². The number of hydrogen-bond acceptors (Lipinski definition) is 2. The summed E-state index contributed by atoms with van der Waals surface area (Å²) < 4.78 is 16.2. The van der Waals surface area contributed by atoms with Crippen molar-refractivity contribution in [2.45, 2.75) is 0 Å². The van der Waals surface area contributed by atoms with E-state index in [9.17, 15) is 4.39 Å². The number of nitrogens with one attached hydrogen (secondary N) is 1. The van der Waals surface area contributed by atoms with Gasteiger partial charge in [0, 0.05) is 14.1 Å². The quantitative estimate of drug-likeness (QED) is 0.723. The number of imidazole rings is 1. The van der Waals surface area contributed by atoms with Crippen LogP contribution in [0.3, 0.4) is 0 Å². The fraction of sp³-hybridized carbons (Fsp3) is 0.133. The molecule has 0 spiro atoms. The van der Waals surface area contributed by atoms with Crippen molar-refractivity contribution in [1.82, 2.24) is 9.55 Å². The first-order chi connectivity index (χ1) is 9.59. The third kappa shape index (κ3) is 1.91. The minimum absolute atomic E-state index is 0.297. The summed E-state index contributed by atoms with van der Waals surface area (Å²) in [5.74, 6) is -0.297. The zero-order valence-electron chi connectivity index (χ0n) is 11.2. The topological polar surface area (TPSA) is 24.0 Å². The highest BCUT2D eigenvalue weighted by molar-refractivity contribution is 7.71. The Morgan fingerprint density at radius 2 is 1.85 bits per heavy atom. The van der Waals surface area contributed by atoms with Gasteiger partial charge in [-0.3, -0.25) is 4.57 Å². The maximum Gasteiger partial charge on any atom is 0.182 e. The smallest absolute Gasteiger partial charge is 0.182 e. The van der Waals surface area contributed by atoms with Crippen LogP contribution < -0.4 is 4.90 Å². The van der Waals surface area contributed by atoms with Gasteiger partial charge in [0.25, 0.3) is 0 Å². The molecular weight excluding hydrogens is 273 g/mol. The van der Waals surface area contributed by atoms with Crippen LogP contribution in [0.4, 0.5) is 10.1 Å². The molecule has 0 radical (unpaired) electrons. The van der Waals surface area contributed by atoms with Crippen molar-refractivity contribution in [2.24, 2.45) is 0 Å². The summed E-state index contributed by atoms with van der Waals surface area (Å²) in [7, 11) is 3.94. The van der Waals surface area contributed by atoms with Gasteiger partial charge in [-0.2, -0.15) is 0 Å². The second kappa shape index (κ2) is 4.76. The number of hydrogen-bond donors (Lipinski definition) is 1. The number of nitrogens with zero attached hydrogens (tertiary/aromatic N) is 2. The Hall–Kier alpha value is -2.14. The van der Waals surface area contributed by atoms with Crippen LogP contribution in [0.15, 0.2) is 42.5 Å². The fourth-order valence-electron chi connectivity index (χ4n) is 2.37. The number of aromatic amines is 1. The van der Waals surface area contributed by atoms with Crippen LogP contribution >= 0.6 is 12.2 Å². The number of halogens is 1. The van der Waals surface area contributed by atoms with E-state index in [-0.39, 0.29) is 5.82 Å². The molecule has 0 aliphatic carbocycles. The first-order valence-corrected chi connectivity index (χ1v) is 6.66. The Balaban J connectivity index is 2.39. The van der Waals surface area contributed by atoms with Gasteiger partial charge in [-0.05, 0) is 36.5 Å². The molecule has 0 unspecified atom stereocenters. The zero-order valence-corrected chi connectivity index (χ0v) is 12.0. The average Bonchev–Trinajstić information content (AvgIpc) is 2.76. The molecule has 0 aliphatic rings. The Morgan fingerprint density at radius 3 is 2.60 bits per heavy atom. The van der Waals surface area contributed by atoms with E-state index < -0.39 is 0 Å². The lowest BCUT2D eigenvalue weighted by atomic mass is 10.2. The third-order valence-electron chi connectivity index (χ3n) is 3.27. The predicted molar refractivity (Wildman–Crippen MR) is 82.7 cm³/mol. The SMILES string of the molecule is CN(C)c1ccccc1-n1c(=S)[nH]c2c(F)cccc21. The number of benzene rings is 2. The predicted octanol–water partition coefficient (Wildman–Crippen LogP) is 3.89. The van der Waals surface area contributed by atoms with E-state index in [1.807, 2.05) is 53.9 Å². The van der Waals surface area contributed by atoms with Crippen molar-refractivity contribution in [1.29, 1.82) is 0 Å². The summed E-state index contributed by atoms with van der Waals surface area (Å²) in [5, 5.41) is 0. The first-order valence-electron chi connectivity index (χ1n) is 6.25. The van der Waals surface area contributed by atoms with Gasteiger partial charge in [-0.15, -0.1) is 0 Å². The second-order valence-corrected chi connectivity index (χ2v) is 5.17. The van der Waals surface area contributed by atoms with Gasteiger partial charge in [0.15, 0.2) is 4.77 Å². The van der Waals surface area contributed by atoms with Crippen LogP contribution in [0.1, 0.15) is 0 Å². The lowest BCUT2D eigenvalue weighted by molar-refractivity contribution is 0.637. The van der Waals surface area contributed by atoms with E-state index in [4.69, 9.17) is 12.2 Å². The van der Waals surface area contributed by atoms with E-state index in [0.29, 0.717) is 10.3 Å². The van der Waals surface area contributed by atoms with E-state index in [1.54, 1.807) is 6.07 Å². The lowest BCUT2D eigenvalue weighted by Gasteiger charge is -2.18.